The number of benzene rings is 1. The molecule has 2 rings (SSSR count). The molecule has 1 aromatic heterocycles. The van der Waals surface area contributed by atoms with Gasteiger partial charge in [-0.1, -0.05) is 25.1 Å². The summed E-state index contributed by atoms with van der Waals surface area (Å²) < 4.78 is 40.0. The zero-order valence-corrected chi connectivity index (χ0v) is 10.7. The van der Waals surface area contributed by atoms with Crippen molar-refractivity contribution in [3.05, 3.63) is 35.2 Å². The summed E-state index contributed by atoms with van der Waals surface area (Å²) >= 11 is 1.35. The van der Waals surface area contributed by atoms with Crippen molar-refractivity contribution in [3.63, 3.8) is 0 Å². The molecule has 1 nitrogen and oxygen atoms in total. The zero-order valence-electron chi connectivity index (χ0n) is 9.92. The largest absolute Gasteiger partial charge is 0.407 e. The summed E-state index contributed by atoms with van der Waals surface area (Å²) in [6.45, 7) is 2.21. The highest BCUT2D eigenvalue weighted by Crippen LogP contribution is 2.37. The summed E-state index contributed by atoms with van der Waals surface area (Å²) in [4.78, 5) is 0. The summed E-state index contributed by atoms with van der Waals surface area (Å²) in [5, 5.41) is 5.28. The van der Waals surface area contributed by atoms with Gasteiger partial charge >= 0.3 is 6.18 Å². The van der Waals surface area contributed by atoms with Gasteiger partial charge in [0.2, 0.25) is 0 Å². The van der Waals surface area contributed by atoms with E-state index in [2.05, 4.69) is 5.32 Å². The van der Waals surface area contributed by atoms with Crippen LogP contribution in [0.4, 0.5) is 13.2 Å². The van der Waals surface area contributed by atoms with Gasteiger partial charge in [0, 0.05) is 4.70 Å². The van der Waals surface area contributed by atoms with Crippen LogP contribution in [-0.2, 0) is 0 Å². The van der Waals surface area contributed by atoms with Crippen LogP contribution in [0.2, 0.25) is 0 Å². The first-order chi connectivity index (χ1) is 8.54. The molecule has 1 aromatic carbocycles. The summed E-state index contributed by atoms with van der Waals surface area (Å²) in [7, 11) is 0. The van der Waals surface area contributed by atoms with Gasteiger partial charge < -0.3 is 5.32 Å². The molecule has 5 heteroatoms. The van der Waals surface area contributed by atoms with E-state index in [1.807, 2.05) is 24.4 Å². The Morgan fingerprint density at radius 1 is 1.28 bits per heavy atom. The topological polar surface area (TPSA) is 12.0 Å². The molecule has 1 atom stereocenters. The van der Waals surface area contributed by atoms with Gasteiger partial charge in [-0.15, -0.1) is 11.3 Å². The Bertz CT molecular complexity index is 518. The van der Waals surface area contributed by atoms with Crippen molar-refractivity contribution < 1.29 is 13.2 Å². The minimum atomic E-state index is -4.27. The van der Waals surface area contributed by atoms with E-state index in [1.165, 1.54) is 11.3 Å². The van der Waals surface area contributed by atoms with Crippen LogP contribution in [0, 0.1) is 0 Å². The molecule has 0 bridgehead atoms. The molecular weight excluding hydrogens is 259 g/mol. The van der Waals surface area contributed by atoms with Crippen molar-refractivity contribution in [2.24, 2.45) is 0 Å². The maximum atomic E-state index is 13.1. The van der Waals surface area contributed by atoms with E-state index in [0.29, 0.717) is 23.2 Å². The number of halogens is 3. The van der Waals surface area contributed by atoms with Gasteiger partial charge in [-0.25, -0.2) is 0 Å². The van der Waals surface area contributed by atoms with Gasteiger partial charge in [0.1, 0.15) is 6.04 Å². The van der Waals surface area contributed by atoms with Crippen LogP contribution in [0.15, 0.2) is 29.6 Å². The lowest BCUT2D eigenvalue weighted by Crippen LogP contribution is -2.34. The standard InChI is InChI=1S/C13H14F3NS/c1-2-7-17-12(13(14,15)16)10-5-3-4-9-6-8-18-11(9)10/h3-6,8,12,17H,2,7H2,1H3. The van der Waals surface area contributed by atoms with Crippen LogP contribution in [-0.4, -0.2) is 12.7 Å². The van der Waals surface area contributed by atoms with E-state index in [-0.39, 0.29) is 0 Å². The van der Waals surface area contributed by atoms with E-state index in [1.54, 1.807) is 12.1 Å². The molecule has 0 fully saturated rings. The maximum Gasteiger partial charge on any atom is 0.407 e. The van der Waals surface area contributed by atoms with E-state index in [4.69, 9.17) is 0 Å². The second kappa shape index (κ2) is 5.28. The Morgan fingerprint density at radius 3 is 2.72 bits per heavy atom. The number of rotatable bonds is 4. The monoisotopic (exact) mass is 273 g/mol. The molecule has 0 aliphatic carbocycles. The van der Waals surface area contributed by atoms with Crippen LogP contribution in [0.5, 0.6) is 0 Å². The average Bonchev–Trinajstić information content (AvgIpc) is 2.76. The van der Waals surface area contributed by atoms with Crippen LogP contribution in [0.25, 0.3) is 10.1 Å². The fourth-order valence-electron chi connectivity index (χ4n) is 1.93. The molecule has 0 spiro atoms. The molecule has 0 aliphatic heterocycles. The molecule has 0 saturated carbocycles. The van der Waals surface area contributed by atoms with Crippen molar-refractivity contribution in [2.45, 2.75) is 25.6 Å². The SMILES string of the molecule is CCCNC(c1cccc2ccsc12)C(F)(F)F. The smallest absolute Gasteiger partial charge is 0.302 e. The number of thiophene rings is 1. The lowest BCUT2D eigenvalue weighted by Gasteiger charge is -2.22. The molecule has 98 valence electrons. The van der Waals surface area contributed by atoms with Gasteiger partial charge in [0.15, 0.2) is 0 Å². The van der Waals surface area contributed by atoms with Gasteiger partial charge in [0.25, 0.3) is 0 Å². The first-order valence-electron chi connectivity index (χ1n) is 5.80. The van der Waals surface area contributed by atoms with Crippen molar-refractivity contribution in [1.29, 1.82) is 0 Å². The van der Waals surface area contributed by atoms with Gasteiger partial charge in [-0.3, -0.25) is 0 Å². The molecular formula is C13H14F3NS. The molecule has 18 heavy (non-hydrogen) atoms. The van der Waals surface area contributed by atoms with Crippen LogP contribution < -0.4 is 5.32 Å². The first kappa shape index (κ1) is 13.4. The number of fused-ring (bicyclic) bond motifs is 1. The Morgan fingerprint density at radius 2 is 2.06 bits per heavy atom. The highest BCUT2D eigenvalue weighted by molar-refractivity contribution is 7.17. The second-order valence-corrected chi connectivity index (χ2v) is 5.03. The van der Waals surface area contributed by atoms with E-state index in [0.717, 1.165) is 5.39 Å². The fourth-order valence-corrected chi connectivity index (χ4v) is 2.88. The summed E-state index contributed by atoms with van der Waals surface area (Å²) in [5.41, 5.74) is 0.323. The lowest BCUT2D eigenvalue weighted by atomic mass is 10.0. The van der Waals surface area contributed by atoms with E-state index in [9.17, 15) is 13.2 Å². The molecule has 1 N–H and O–H groups in total. The summed E-state index contributed by atoms with van der Waals surface area (Å²) in [6.07, 6.45) is -3.60. The van der Waals surface area contributed by atoms with Crippen molar-refractivity contribution in [1.82, 2.24) is 5.32 Å². The highest BCUT2D eigenvalue weighted by atomic mass is 32.1. The van der Waals surface area contributed by atoms with Crippen LogP contribution in [0.1, 0.15) is 24.9 Å². The number of nitrogens with one attached hydrogen (secondary N) is 1. The van der Waals surface area contributed by atoms with Crippen molar-refractivity contribution >= 4 is 21.4 Å². The number of hydrogen-bond donors (Lipinski definition) is 1. The van der Waals surface area contributed by atoms with Crippen molar-refractivity contribution in [3.8, 4) is 0 Å². The predicted octanol–water partition coefficient (Wildman–Crippen LogP) is 4.50. The Kier molecular flexibility index (Phi) is 3.92. The van der Waals surface area contributed by atoms with E-state index < -0.39 is 12.2 Å². The fraction of sp³-hybridized carbons (Fsp3) is 0.385. The van der Waals surface area contributed by atoms with Gasteiger partial charge in [-0.2, -0.15) is 13.2 Å². The third-order valence-corrected chi connectivity index (χ3v) is 3.73. The average molecular weight is 273 g/mol. The first-order valence-corrected chi connectivity index (χ1v) is 6.68. The van der Waals surface area contributed by atoms with Crippen LogP contribution >= 0.6 is 11.3 Å². The molecule has 0 saturated heterocycles. The summed E-state index contributed by atoms with van der Waals surface area (Å²) in [6, 6.07) is 5.33. The number of alkyl halides is 3. The molecule has 1 unspecified atom stereocenters. The Labute approximate surface area is 108 Å². The molecule has 0 aliphatic rings. The molecule has 1 heterocycles. The predicted molar refractivity (Wildman–Crippen MR) is 68.9 cm³/mol. The zero-order chi connectivity index (χ0) is 13.2. The third-order valence-electron chi connectivity index (χ3n) is 2.75. The normalized spacial score (nSPS) is 14.0. The quantitative estimate of drug-likeness (QED) is 0.864. The Balaban J connectivity index is 2.44. The third kappa shape index (κ3) is 2.67. The molecule has 2 aromatic rings. The number of hydrogen-bond acceptors (Lipinski definition) is 2. The summed E-state index contributed by atoms with van der Waals surface area (Å²) in [5.74, 6) is 0. The van der Waals surface area contributed by atoms with E-state index >= 15 is 0 Å². The highest BCUT2D eigenvalue weighted by Gasteiger charge is 2.41. The Hall–Kier alpha value is -1.07. The maximum absolute atomic E-state index is 13.1. The molecule has 0 radical (unpaired) electrons. The van der Waals surface area contributed by atoms with Gasteiger partial charge in [0.05, 0.1) is 0 Å². The molecule has 0 amide bonds. The van der Waals surface area contributed by atoms with Gasteiger partial charge in [-0.05, 0) is 35.4 Å². The van der Waals surface area contributed by atoms with Crippen molar-refractivity contribution in [2.75, 3.05) is 6.54 Å². The lowest BCUT2D eigenvalue weighted by molar-refractivity contribution is -0.157. The second-order valence-electron chi connectivity index (χ2n) is 4.11. The van der Waals surface area contributed by atoms with Crippen LogP contribution in [0.3, 0.4) is 0 Å². The minimum absolute atomic E-state index is 0.323. The minimum Gasteiger partial charge on any atom is -0.302 e.